The number of aliphatic hydroxyl groups is 1. The van der Waals surface area contributed by atoms with Gasteiger partial charge >= 0.3 is 5.97 Å². The van der Waals surface area contributed by atoms with Crippen molar-refractivity contribution in [2.75, 3.05) is 0 Å². The van der Waals surface area contributed by atoms with Crippen LogP contribution in [0.25, 0.3) is 0 Å². The zero-order valence-corrected chi connectivity index (χ0v) is 15.8. The van der Waals surface area contributed by atoms with E-state index in [1.807, 2.05) is 13.0 Å². The summed E-state index contributed by atoms with van der Waals surface area (Å²) in [4.78, 5) is 16.7. The first-order valence-electron chi connectivity index (χ1n) is 9.45. The Labute approximate surface area is 154 Å². The van der Waals surface area contributed by atoms with Crippen molar-refractivity contribution >= 4 is 5.97 Å². The van der Waals surface area contributed by atoms with Gasteiger partial charge in [-0.25, -0.2) is 9.68 Å². The highest BCUT2D eigenvalue weighted by atomic mass is 17.1. The molecule has 2 saturated heterocycles. The van der Waals surface area contributed by atoms with Gasteiger partial charge in [0.05, 0.1) is 17.8 Å². The summed E-state index contributed by atoms with van der Waals surface area (Å²) in [5, 5.41) is 20.3. The van der Waals surface area contributed by atoms with Crippen LogP contribution in [0.15, 0.2) is 24.3 Å². The van der Waals surface area contributed by atoms with Crippen molar-refractivity contribution in [3.63, 3.8) is 0 Å². The fraction of sp³-hybridized carbons (Fsp3) is 0.750. The maximum Gasteiger partial charge on any atom is 0.334 e. The van der Waals surface area contributed by atoms with Crippen LogP contribution in [0.1, 0.15) is 52.9 Å². The first-order chi connectivity index (χ1) is 12.2. The zero-order valence-electron chi connectivity index (χ0n) is 15.8. The summed E-state index contributed by atoms with van der Waals surface area (Å²) in [5.41, 5.74) is -1.40. The molecule has 0 amide bonds. The van der Waals surface area contributed by atoms with E-state index in [1.54, 1.807) is 13.0 Å². The second-order valence-corrected chi connectivity index (χ2v) is 8.56. The molecule has 26 heavy (non-hydrogen) atoms. The van der Waals surface area contributed by atoms with Crippen LogP contribution in [0.3, 0.4) is 0 Å². The highest BCUT2D eigenvalue weighted by Gasteiger charge is 2.53. The first-order valence-corrected chi connectivity index (χ1v) is 9.45. The number of carbonyl (C=O) groups is 1. The van der Waals surface area contributed by atoms with Gasteiger partial charge in [-0.2, -0.15) is 0 Å². The summed E-state index contributed by atoms with van der Waals surface area (Å²) < 4.78 is 11.9. The van der Waals surface area contributed by atoms with E-state index in [4.69, 9.17) is 14.4 Å². The lowest BCUT2D eigenvalue weighted by molar-refractivity contribution is -0.304. The van der Waals surface area contributed by atoms with Crippen molar-refractivity contribution < 1.29 is 29.5 Å². The molecule has 0 aromatic heterocycles. The van der Waals surface area contributed by atoms with Crippen LogP contribution in [0.5, 0.6) is 0 Å². The molecule has 2 N–H and O–H groups in total. The Balaban J connectivity index is 1.91. The van der Waals surface area contributed by atoms with E-state index in [2.05, 4.69) is 13.5 Å². The SMILES string of the molecule is C=C1C(=O)O[C@H]2[C@@H]3O[C@H](C[C@@H]12)[C@](C)(O)C/C=C/[C@@](C)(OO)CCC[C@H]3C. The molecule has 3 heterocycles. The van der Waals surface area contributed by atoms with Gasteiger partial charge in [-0.3, -0.25) is 5.26 Å². The highest BCUT2D eigenvalue weighted by Crippen LogP contribution is 2.44. The number of fused-ring (bicyclic) bond motifs is 4. The van der Waals surface area contributed by atoms with Gasteiger partial charge in [0.2, 0.25) is 0 Å². The van der Waals surface area contributed by atoms with Gasteiger partial charge < -0.3 is 14.6 Å². The maximum absolute atomic E-state index is 12.0. The van der Waals surface area contributed by atoms with E-state index in [-0.39, 0.29) is 30.0 Å². The summed E-state index contributed by atoms with van der Waals surface area (Å²) in [5.74, 6) is -0.337. The highest BCUT2D eigenvalue weighted by molar-refractivity contribution is 5.91. The molecule has 3 aliphatic rings. The monoisotopic (exact) mass is 366 g/mol. The largest absolute Gasteiger partial charge is 0.456 e. The van der Waals surface area contributed by atoms with E-state index in [0.29, 0.717) is 24.8 Å². The Hall–Kier alpha value is -1.21. The van der Waals surface area contributed by atoms with E-state index in [9.17, 15) is 15.2 Å². The molecule has 0 spiro atoms. The molecule has 3 rings (SSSR count). The Bertz CT molecular complexity index is 597. The van der Waals surface area contributed by atoms with Gasteiger partial charge in [0, 0.05) is 11.5 Å². The molecule has 0 aromatic rings. The number of hydrogen-bond acceptors (Lipinski definition) is 6. The van der Waals surface area contributed by atoms with E-state index in [0.717, 1.165) is 12.8 Å². The molecule has 6 heteroatoms. The second kappa shape index (κ2) is 7.08. The van der Waals surface area contributed by atoms with E-state index in [1.165, 1.54) is 0 Å². The summed E-state index contributed by atoms with van der Waals surface area (Å²) in [6.07, 6.45) is 5.76. The minimum atomic E-state index is -1.11. The Morgan fingerprint density at radius 1 is 1.35 bits per heavy atom. The number of esters is 1. The molecule has 0 aliphatic carbocycles. The van der Waals surface area contributed by atoms with Crippen LogP contribution in [0, 0.1) is 11.8 Å². The van der Waals surface area contributed by atoms with Gasteiger partial charge in [-0.15, -0.1) is 0 Å². The second-order valence-electron chi connectivity index (χ2n) is 8.56. The van der Waals surface area contributed by atoms with Crippen LogP contribution in [-0.2, 0) is 19.2 Å². The third kappa shape index (κ3) is 3.60. The van der Waals surface area contributed by atoms with Crippen LogP contribution < -0.4 is 0 Å². The van der Waals surface area contributed by atoms with Crippen LogP contribution in [0.4, 0.5) is 0 Å². The predicted molar refractivity (Wildman–Crippen MR) is 95.3 cm³/mol. The smallest absolute Gasteiger partial charge is 0.334 e. The van der Waals surface area contributed by atoms with Gasteiger partial charge in [-0.1, -0.05) is 25.7 Å². The fourth-order valence-electron chi connectivity index (χ4n) is 4.39. The molecule has 3 aliphatic heterocycles. The zero-order chi connectivity index (χ0) is 19.1. The van der Waals surface area contributed by atoms with Gasteiger partial charge in [0.15, 0.2) is 0 Å². The lowest BCUT2D eigenvalue weighted by Gasteiger charge is -2.45. The van der Waals surface area contributed by atoms with Crippen LogP contribution >= 0.6 is 0 Å². The van der Waals surface area contributed by atoms with Crippen molar-refractivity contribution in [2.24, 2.45) is 11.8 Å². The summed E-state index contributed by atoms with van der Waals surface area (Å²) in [6, 6.07) is 0. The molecule has 0 saturated carbocycles. The number of hydrogen-bond donors (Lipinski definition) is 2. The van der Waals surface area contributed by atoms with Crippen LogP contribution in [0.2, 0.25) is 0 Å². The molecular weight excluding hydrogens is 336 g/mol. The maximum atomic E-state index is 12.0. The summed E-state index contributed by atoms with van der Waals surface area (Å²) >= 11 is 0. The average molecular weight is 366 g/mol. The molecule has 146 valence electrons. The van der Waals surface area contributed by atoms with Crippen molar-refractivity contribution in [2.45, 2.75) is 82.4 Å². The predicted octanol–water partition coefficient (Wildman–Crippen LogP) is 3.01. The lowest BCUT2D eigenvalue weighted by Crippen LogP contribution is -2.54. The molecule has 0 unspecified atom stereocenters. The molecule has 0 aromatic carbocycles. The molecule has 0 radical (unpaired) electrons. The number of carbonyl (C=O) groups excluding carboxylic acids is 1. The lowest BCUT2D eigenvalue weighted by atomic mass is 9.76. The quantitative estimate of drug-likeness (QED) is 0.244. The Kier molecular flexibility index (Phi) is 5.32. The fourth-order valence-corrected chi connectivity index (χ4v) is 4.39. The summed E-state index contributed by atoms with van der Waals surface area (Å²) in [6.45, 7) is 9.55. The van der Waals surface area contributed by atoms with E-state index < -0.39 is 17.3 Å². The normalized spacial score (nSPS) is 48.1. The molecular formula is C20H30O6. The first kappa shape index (κ1) is 19.5. The van der Waals surface area contributed by atoms with Crippen molar-refractivity contribution in [1.29, 1.82) is 0 Å². The van der Waals surface area contributed by atoms with Crippen molar-refractivity contribution in [3.05, 3.63) is 24.3 Å². The molecule has 2 bridgehead atoms. The average Bonchev–Trinajstić information content (AvgIpc) is 2.87. The van der Waals surface area contributed by atoms with Crippen LogP contribution in [-0.4, -0.2) is 45.8 Å². The van der Waals surface area contributed by atoms with Gasteiger partial charge in [0.25, 0.3) is 0 Å². The number of ether oxygens (including phenoxy) is 2. The van der Waals surface area contributed by atoms with E-state index >= 15 is 0 Å². The molecule has 6 nitrogen and oxygen atoms in total. The van der Waals surface area contributed by atoms with Crippen molar-refractivity contribution in [3.8, 4) is 0 Å². The Morgan fingerprint density at radius 2 is 2.08 bits per heavy atom. The van der Waals surface area contributed by atoms with Gasteiger partial charge in [-0.05, 0) is 51.9 Å². The minimum absolute atomic E-state index is 0.113. The number of rotatable bonds is 1. The standard InChI is InChI=1S/C20H30O6/c1-12-7-5-8-19(3,26-23)9-6-10-20(4,22)15-11-14-13(2)18(21)25-17(14)16(12)24-15/h6,9,12,14-17,22-23H,2,5,7-8,10-11H2,1,3-4H3/b9-6+/t12-,14+,15-,16-,17-,19+,20-/m1/s1. The minimum Gasteiger partial charge on any atom is -0.456 e. The Morgan fingerprint density at radius 3 is 2.77 bits per heavy atom. The van der Waals surface area contributed by atoms with Gasteiger partial charge in [0.1, 0.15) is 11.7 Å². The topological polar surface area (TPSA) is 85.2 Å². The molecule has 2 fully saturated rings. The summed E-state index contributed by atoms with van der Waals surface area (Å²) in [7, 11) is 0. The third-order valence-corrected chi connectivity index (χ3v) is 6.26. The third-order valence-electron chi connectivity index (χ3n) is 6.26. The molecule has 7 atom stereocenters. The van der Waals surface area contributed by atoms with Crippen molar-refractivity contribution in [1.82, 2.24) is 0 Å².